The van der Waals surface area contributed by atoms with Gasteiger partial charge in [-0.2, -0.15) is 0 Å². The van der Waals surface area contributed by atoms with Crippen LogP contribution in [0.3, 0.4) is 0 Å². The number of hydrogen-bond acceptors (Lipinski definition) is 6. The lowest BCUT2D eigenvalue weighted by molar-refractivity contribution is -0.142. The Balaban J connectivity index is 1.71. The number of amides is 4. The molecule has 0 saturated heterocycles. The van der Waals surface area contributed by atoms with Gasteiger partial charge < -0.3 is 37.5 Å². The highest BCUT2D eigenvalue weighted by Crippen LogP contribution is 2.19. The van der Waals surface area contributed by atoms with Crippen LogP contribution in [0.25, 0.3) is 10.9 Å². The first-order chi connectivity index (χ1) is 18.6. The van der Waals surface area contributed by atoms with E-state index in [1.807, 2.05) is 24.3 Å². The van der Waals surface area contributed by atoms with E-state index in [1.165, 1.54) is 0 Å². The lowest BCUT2D eigenvalue weighted by Crippen LogP contribution is -2.54. The number of aromatic nitrogens is 1. The van der Waals surface area contributed by atoms with E-state index in [0.717, 1.165) is 22.0 Å². The van der Waals surface area contributed by atoms with Crippen molar-refractivity contribution in [3.63, 3.8) is 0 Å². The third-order valence-corrected chi connectivity index (χ3v) is 6.11. The maximum atomic E-state index is 13.3. The van der Waals surface area contributed by atoms with E-state index in [2.05, 4.69) is 20.9 Å². The Hall–Kier alpha value is -4.71. The minimum Gasteiger partial charge on any atom is -0.480 e. The van der Waals surface area contributed by atoms with Crippen molar-refractivity contribution in [1.82, 2.24) is 20.9 Å². The van der Waals surface area contributed by atoms with Crippen molar-refractivity contribution < 1.29 is 29.1 Å². The van der Waals surface area contributed by atoms with Crippen molar-refractivity contribution in [3.8, 4) is 0 Å². The third-order valence-electron chi connectivity index (χ3n) is 6.11. The first-order valence-electron chi connectivity index (χ1n) is 12.4. The summed E-state index contributed by atoms with van der Waals surface area (Å²) in [6, 6.07) is 12.9. The number of fused-ring (bicyclic) bond motifs is 1. The Labute approximate surface area is 224 Å². The minimum atomic E-state index is -1.23. The summed E-state index contributed by atoms with van der Waals surface area (Å²) in [7, 11) is 0. The van der Waals surface area contributed by atoms with Crippen LogP contribution >= 0.6 is 0 Å². The van der Waals surface area contributed by atoms with E-state index in [-0.39, 0.29) is 25.7 Å². The molecule has 2 aromatic carbocycles. The number of carboxylic acids is 1. The second kappa shape index (κ2) is 13.7. The van der Waals surface area contributed by atoms with Gasteiger partial charge in [0.2, 0.25) is 23.6 Å². The highest BCUT2D eigenvalue weighted by atomic mass is 16.4. The number of H-pyrrole nitrogens is 1. The lowest BCUT2D eigenvalue weighted by Gasteiger charge is -2.22. The summed E-state index contributed by atoms with van der Waals surface area (Å²) in [5.41, 5.74) is 13.1. The monoisotopic (exact) mass is 536 g/mol. The molecule has 0 radical (unpaired) electrons. The summed E-state index contributed by atoms with van der Waals surface area (Å²) in [6.07, 6.45) is 1.77. The van der Waals surface area contributed by atoms with Gasteiger partial charge in [0, 0.05) is 36.4 Å². The Morgan fingerprint density at radius 1 is 0.872 bits per heavy atom. The summed E-state index contributed by atoms with van der Waals surface area (Å²) in [6.45, 7) is -0.479. The molecular formula is C27H32N6O6. The van der Waals surface area contributed by atoms with E-state index in [0.29, 0.717) is 0 Å². The van der Waals surface area contributed by atoms with E-state index < -0.39 is 54.3 Å². The second-order valence-corrected chi connectivity index (χ2v) is 9.10. The van der Waals surface area contributed by atoms with Gasteiger partial charge in [0.15, 0.2) is 0 Å². The number of nitrogens with two attached hydrogens (primary N) is 2. The summed E-state index contributed by atoms with van der Waals surface area (Å²) >= 11 is 0. The second-order valence-electron chi connectivity index (χ2n) is 9.10. The Bertz CT molecular complexity index is 1320. The van der Waals surface area contributed by atoms with Gasteiger partial charge in [-0.1, -0.05) is 48.5 Å². The maximum absolute atomic E-state index is 13.3. The molecule has 9 N–H and O–H groups in total. The first kappa shape index (κ1) is 28.9. The number of nitrogens with one attached hydrogen (secondary N) is 4. The number of benzene rings is 2. The Kier molecular flexibility index (Phi) is 10.2. The van der Waals surface area contributed by atoms with Crippen LogP contribution in [0.2, 0.25) is 0 Å². The van der Waals surface area contributed by atoms with Gasteiger partial charge in [-0.15, -0.1) is 0 Å². The largest absolute Gasteiger partial charge is 0.480 e. The lowest BCUT2D eigenvalue weighted by atomic mass is 10.0. The third kappa shape index (κ3) is 8.68. The zero-order valence-electron chi connectivity index (χ0n) is 21.2. The fraction of sp³-hybridized carbons (Fsp3) is 0.296. The standard InChI is InChI=1S/C27H32N6O6/c28-19(10-11-23(29)34)25(36)31-15-24(35)32-21(13-17-14-30-20-9-5-4-8-18(17)20)26(37)33-22(27(38)39)12-16-6-2-1-3-7-16/h1-9,14,19,21-22,30H,10-13,15,28H2,(H2,29,34)(H,31,36)(H,32,35)(H,33,37)(H,38,39)/t19-,21-,22-/m0/s1. The predicted octanol–water partition coefficient (Wildman–Crippen LogP) is -0.284. The van der Waals surface area contributed by atoms with Crippen molar-refractivity contribution in [2.45, 2.75) is 43.8 Å². The van der Waals surface area contributed by atoms with Gasteiger partial charge in [0.25, 0.3) is 0 Å². The molecule has 12 nitrogen and oxygen atoms in total. The Morgan fingerprint density at radius 3 is 2.26 bits per heavy atom. The summed E-state index contributed by atoms with van der Waals surface area (Å²) in [5, 5.41) is 18.1. The van der Waals surface area contributed by atoms with Crippen LogP contribution in [0, 0.1) is 0 Å². The van der Waals surface area contributed by atoms with Gasteiger partial charge in [0.05, 0.1) is 12.6 Å². The number of aliphatic carboxylic acids is 1. The SMILES string of the molecule is NC(=O)CC[C@H](N)C(=O)NCC(=O)N[C@@H](Cc1c[nH]c2ccccc12)C(=O)N[C@@H](Cc1ccccc1)C(=O)O. The highest BCUT2D eigenvalue weighted by Gasteiger charge is 2.28. The molecule has 39 heavy (non-hydrogen) atoms. The van der Waals surface area contributed by atoms with Crippen LogP contribution in [-0.2, 0) is 36.8 Å². The highest BCUT2D eigenvalue weighted by molar-refractivity contribution is 5.93. The molecule has 1 aromatic heterocycles. The molecule has 4 amide bonds. The van der Waals surface area contributed by atoms with Gasteiger partial charge in [-0.25, -0.2) is 4.79 Å². The molecule has 0 aliphatic carbocycles. The number of carboxylic acid groups (broad SMARTS) is 1. The number of carbonyl (C=O) groups excluding carboxylic acids is 4. The number of para-hydroxylation sites is 1. The number of aromatic amines is 1. The fourth-order valence-electron chi connectivity index (χ4n) is 4.02. The van der Waals surface area contributed by atoms with Gasteiger partial charge >= 0.3 is 5.97 Å². The molecule has 3 rings (SSSR count). The van der Waals surface area contributed by atoms with Crippen LogP contribution in [-0.4, -0.2) is 64.4 Å². The topological polar surface area (TPSA) is 209 Å². The number of rotatable bonds is 14. The number of carbonyl (C=O) groups is 5. The van der Waals surface area contributed by atoms with Crippen LogP contribution in [0.1, 0.15) is 24.0 Å². The first-order valence-corrected chi connectivity index (χ1v) is 12.4. The molecule has 0 bridgehead atoms. The van der Waals surface area contributed by atoms with Crippen LogP contribution < -0.4 is 27.4 Å². The molecule has 1 heterocycles. The van der Waals surface area contributed by atoms with E-state index in [9.17, 15) is 29.1 Å². The molecule has 0 unspecified atom stereocenters. The quantitative estimate of drug-likeness (QED) is 0.146. The van der Waals surface area contributed by atoms with Crippen LogP contribution in [0.5, 0.6) is 0 Å². The molecule has 12 heteroatoms. The van der Waals surface area contributed by atoms with Crippen molar-refractivity contribution >= 4 is 40.5 Å². The molecule has 0 aliphatic rings. The van der Waals surface area contributed by atoms with Gasteiger partial charge in [0.1, 0.15) is 12.1 Å². The average molecular weight is 537 g/mol. The molecule has 0 aliphatic heterocycles. The van der Waals surface area contributed by atoms with E-state index in [1.54, 1.807) is 36.5 Å². The average Bonchev–Trinajstić information content (AvgIpc) is 3.32. The maximum Gasteiger partial charge on any atom is 0.326 e. The van der Waals surface area contributed by atoms with Crippen molar-refractivity contribution in [3.05, 3.63) is 71.9 Å². The smallest absolute Gasteiger partial charge is 0.326 e. The normalized spacial score (nSPS) is 13.2. The van der Waals surface area contributed by atoms with E-state index in [4.69, 9.17) is 11.5 Å². The molecule has 0 saturated carbocycles. The molecule has 3 aromatic rings. The zero-order valence-corrected chi connectivity index (χ0v) is 21.2. The molecule has 206 valence electrons. The van der Waals surface area contributed by atoms with Gasteiger partial charge in [-0.3, -0.25) is 19.2 Å². The molecule has 3 atom stereocenters. The zero-order chi connectivity index (χ0) is 28.4. The molecule has 0 fully saturated rings. The summed E-state index contributed by atoms with van der Waals surface area (Å²) in [4.78, 5) is 64.1. The van der Waals surface area contributed by atoms with Crippen molar-refractivity contribution in [2.24, 2.45) is 11.5 Å². The summed E-state index contributed by atoms with van der Waals surface area (Å²) in [5.74, 6) is -3.85. The van der Waals surface area contributed by atoms with E-state index >= 15 is 0 Å². The van der Waals surface area contributed by atoms with Crippen molar-refractivity contribution in [2.75, 3.05) is 6.54 Å². The van der Waals surface area contributed by atoms with Crippen molar-refractivity contribution in [1.29, 1.82) is 0 Å². The van der Waals surface area contributed by atoms with Gasteiger partial charge in [-0.05, 0) is 23.6 Å². The minimum absolute atomic E-state index is 0.0202. The summed E-state index contributed by atoms with van der Waals surface area (Å²) < 4.78 is 0. The van der Waals surface area contributed by atoms with Crippen LogP contribution in [0.15, 0.2) is 60.8 Å². The molecular weight excluding hydrogens is 504 g/mol. The fourth-order valence-corrected chi connectivity index (χ4v) is 4.02. The van der Waals surface area contributed by atoms with Crippen LogP contribution in [0.4, 0.5) is 0 Å². The number of primary amides is 1. The predicted molar refractivity (Wildman–Crippen MR) is 143 cm³/mol. The Morgan fingerprint density at radius 2 is 1.56 bits per heavy atom. The molecule has 0 spiro atoms. The number of hydrogen-bond donors (Lipinski definition) is 7.